The third-order valence-corrected chi connectivity index (χ3v) is 2.42. The minimum absolute atomic E-state index is 0.0980. The van der Waals surface area contributed by atoms with E-state index in [-0.39, 0.29) is 6.54 Å². The third-order valence-electron chi connectivity index (χ3n) is 2.42. The summed E-state index contributed by atoms with van der Waals surface area (Å²) >= 11 is 0. The molecule has 0 aliphatic carbocycles. The maximum atomic E-state index is 12.4. The highest BCUT2D eigenvalue weighted by Crippen LogP contribution is 2.30. The molecule has 19 heavy (non-hydrogen) atoms. The van der Waals surface area contributed by atoms with E-state index in [0.29, 0.717) is 5.56 Å². The number of terminal acetylenes is 1. The first-order chi connectivity index (χ1) is 8.90. The predicted molar refractivity (Wildman–Crippen MR) is 63.0 cm³/mol. The summed E-state index contributed by atoms with van der Waals surface area (Å²) in [5, 5.41) is 2.70. The van der Waals surface area contributed by atoms with Crippen LogP contribution in [0.4, 0.5) is 13.2 Å². The van der Waals surface area contributed by atoms with E-state index in [1.165, 1.54) is 19.2 Å². The van der Waals surface area contributed by atoms with Gasteiger partial charge < -0.3 is 4.74 Å². The molecule has 6 heteroatoms. The van der Waals surface area contributed by atoms with Gasteiger partial charge in [-0.2, -0.15) is 13.2 Å². The molecule has 1 N–H and O–H groups in total. The van der Waals surface area contributed by atoms with Crippen LogP contribution in [-0.4, -0.2) is 19.6 Å². The number of carbonyl (C=O) groups excluding carboxylic acids is 1. The van der Waals surface area contributed by atoms with Crippen LogP contribution >= 0.6 is 0 Å². The molecule has 102 valence electrons. The minimum Gasteiger partial charge on any atom is -0.468 e. The second-order valence-electron chi connectivity index (χ2n) is 3.66. The first-order valence-corrected chi connectivity index (χ1v) is 5.32. The van der Waals surface area contributed by atoms with E-state index in [0.717, 1.165) is 12.1 Å². The highest BCUT2D eigenvalue weighted by Gasteiger charge is 2.30. The van der Waals surface area contributed by atoms with Crippen LogP contribution in [0, 0.1) is 12.3 Å². The number of alkyl halides is 3. The van der Waals surface area contributed by atoms with Crippen molar-refractivity contribution >= 4 is 5.97 Å². The van der Waals surface area contributed by atoms with Crippen LogP contribution in [0.15, 0.2) is 24.3 Å². The van der Waals surface area contributed by atoms with Crippen molar-refractivity contribution in [1.29, 1.82) is 0 Å². The molecule has 0 aliphatic rings. The van der Waals surface area contributed by atoms with E-state index < -0.39 is 23.8 Å². The van der Waals surface area contributed by atoms with Crippen LogP contribution in [0.1, 0.15) is 17.2 Å². The normalized spacial score (nSPS) is 12.6. The summed E-state index contributed by atoms with van der Waals surface area (Å²) in [5.41, 5.74) is -0.424. The largest absolute Gasteiger partial charge is 0.468 e. The van der Waals surface area contributed by atoms with Gasteiger partial charge in [0.15, 0.2) is 0 Å². The van der Waals surface area contributed by atoms with Crippen molar-refractivity contribution in [2.45, 2.75) is 12.2 Å². The smallest absolute Gasteiger partial charge is 0.416 e. The number of ether oxygens (including phenoxy) is 1. The van der Waals surface area contributed by atoms with Crippen LogP contribution in [0.3, 0.4) is 0 Å². The predicted octanol–water partition coefficient (Wildman–Crippen LogP) is 2.14. The number of rotatable bonds is 4. The maximum Gasteiger partial charge on any atom is 0.416 e. The molecule has 1 atom stereocenters. The van der Waals surface area contributed by atoms with Gasteiger partial charge in [-0.05, 0) is 17.7 Å². The average Bonchev–Trinajstić information content (AvgIpc) is 2.38. The lowest BCUT2D eigenvalue weighted by atomic mass is 10.0. The number of hydrogen-bond acceptors (Lipinski definition) is 3. The number of esters is 1. The van der Waals surface area contributed by atoms with E-state index in [1.807, 2.05) is 0 Å². The molecule has 0 fully saturated rings. The molecule has 0 saturated carbocycles. The summed E-state index contributed by atoms with van der Waals surface area (Å²) < 4.78 is 41.8. The molecular formula is C13H12F3NO2. The highest BCUT2D eigenvalue weighted by molar-refractivity contribution is 5.77. The quantitative estimate of drug-likeness (QED) is 0.673. The minimum atomic E-state index is -4.41. The number of nitrogens with one attached hydrogen (secondary N) is 1. The number of hydrogen-bond donors (Lipinski definition) is 1. The molecule has 0 aliphatic heterocycles. The molecule has 1 rings (SSSR count). The summed E-state index contributed by atoms with van der Waals surface area (Å²) in [6.45, 7) is 0.0980. The molecule has 0 saturated heterocycles. The van der Waals surface area contributed by atoms with Gasteiger partial charge in [0.1, 0.15) is 6.04 Å². The fourth-order valence-electron chi connectivity index (χ4n) is 1.48. The lowest BCUT2D eigenvalue weighted by molar-refractivity contribution is -0.143. The SMILES string of the molecule is C#CCNC(C(=O)OC)c1ccc(C(F)(F)F)cc1. The Morgan fingerprint density at radius 2 is 2.00 bits per heavy atom. The lowest BCUT2D eigenvalue weighted by Crippen LogP contribution is -2.30. The Morgan fingerprint density at radius 3 is 2.42 bits per heavy atom. The molecule has 1 aromatic rings. The van der Waals surface area contributed by atoms with Crippen molar-refractivity contribution in [3.05, 3.63) is 35.4 Å². The highest BCUT2D eigenvalue weighted by atomic mass is 19.4. The topological polar surface area (TPSA) is 38.3 Å². The number of carbonyl (C=O) groups is 1. The maximum absolute atomic E-state index is 12.4. The Labute approximate surface area is 108 Å². The summed E-state index contributed by atoms with van der Waals surface area (Å²) in [6, 6.07) is 3.36. The van der Waals surface area contributed by atoms with Gasteiger partial charge in [-0.25, -0.2) is 4.79 Å². The fraction of sp³-hybridized carbons (Fsp3) is 0.308. The third kappa shape index (κ3) is 4.00. The van der Waals surface area contributed by atoms with Gasteiger partial charge >= 0.3 is 12.1 Å². The molecular weight excluding hydrogens is 259 g/mol. The Balaban J connectivity index is 2.97. The summed E-state index contributed by atoms with van der Waals surface area (Å²) in [4.78, 5) is 11.5. The van der Waals surface area contributed by atoms with Crippen molar-refractivity contribution in [2.75, 3.05) is 13.7 Å². The average molecular weight is 271 g/mol. The lowest BCUT2D eigenvalue weighted by Gasteiger charge is -2.16. The van der Waals surface area contributed by atoms with E-state index in [4.69, 9.17) is 6.42 Å². The molecule has 0 heterocycles. The zero-order valence-corrected chi connectivity index (χ0v) is 10.1. The first kappa shape index (κ1) is 15.1. The molecule has 0 spiro atoms. The van der Waals surface area contributed by atoms with E-state index in [2.05, 4.69) is 16.0 Å². The Morgan fingerprint density at radius 1 is 1.42 bits per heavy atom. The van der Waals surface area contributed by atoms with E-state index >= 15 is 0 Å². The van der Waals surface area contributed by atoms with Crippen LogP contribution in [0.2, 0.25) is 0 Å². The second kappa shape index (κ2) is 6.25. The molecule has 0 radical (unpaired) electrons. The van der Waals surface area contributed by atoms with E-state index in [9.17, 15) is 18.0 Å². The standard InChI is InChI=1S/C13H12F3NO2/c1-3-8-17-11(12(18)19-2)9-4-6-10(7-5-9)13(14,15)16/h1,4-7,11,17H,8H2,2H3. The fourth-order valence-corrected chi connectivity index (χ4v) is 1.48. The summed E-state index contributed by atoms with van der Waals surface area (Å²) in [7, 11) is 1.19. The number of benzene rings is 1. The van der Waals surface area contributed by atoms with Crippen LogP contribution < -0.4 is 5.32 Å². The van der Waals surface area contributed by atoms with Gasteiger partial charge in [0, 0.05) is 0 Å². The van der Waals surface area contributed by atoms with Crippen LogP contribution in [0.5, 0.6) is 0 Å². The molecule has 0 amide bonds. The Hall–Kier alpha value is -2.00. The van der Waals surface area contributed by atoms with Crippen molar-refractivity contribution in [2.24, 2.45) is 0 Å². The molecule has 3 nitrogen and oxygen atoms in total. The monoisotopic (exact) mass is 271 g/mol. The van der Waals surface area contributed by atoms with Crippen molar-refractivity contribution in [3.63, 3.8) is 0 Å². The van der Waals surface area contributed by atoms with Crippen LogP contribution in [0.25, 0.3) is 0 Å². The van der Waals surface area contributed by atoms with Gasteiger partial charge in [-0.1, -0.05) is 18.1 Å². The number of methoxy groups -OCH3 is 1. The summed E-state index contributed by atoms with van der Waals surface area (Å²) in [5.74, 6) is 1.67. The van der Waals surface area contributed by atoms with Crippen molar-refractivity contribution < 1.29 is 22.7 Å². The zero-order chi connectivity index (χ0) is 14.5. The Kier molecular flexibility index (Phi) is 4.95. The van der Waals surface area contributed by atoms with Crippen molar-refractivity contribution in [3.8, 4) is 12.3 Å². The molecule has 1 aromatic carbocycles. The van der Waals surface area contributed by atoms with Gasteiger partial charge in [-0.3, -0.25) is 5.32 Å². The van der Waals surface area contributed by atoms with Gasteiger partial charge in [0.25, 0.3) is 0 Å². The van der Waals surface area contributed by atoms with Crippen molar-refractivity contribution in [1.82, 2.24) is 5.32 Å². The summed E-state index contributed by atoms with van der Waals surface area (Å²) in [6.07, 6.45) is 0.653. The van der Waals surface area contributed by atoms with Gasteiger partial charge in [0.2, 0.25) is 0 Å². The Bertz CT molecular complexity index is 474. The first-order valence-electron chi connectivity index (χ1n) is 5.32. The molecule has 0 bridgehead atoms. The number of halogens is 3. The van der Waals surface area contributed by atoms with Crippen LogP contribution in [-0.2, 0) is 15.7 Å². The molecule has 1 unspecified atom stereocenters. The van der Waals surface area contributed by atoms with E-state index in [1.54, 1.807) is 0 Å². The molecule has 0 aromatic heterocycles. The second-order valence-corrected chi connectivity index (χ2v) is 3.66. The zero-order valence-electron chi connectivity index (χ0n) is 10.1. The van der Waals surface area contributed by atoms with Gasteiger partial charge in [0.05, 0.1) is 19.2 Å². The van der Waals surface area contributed by atoms with Gasteiger partial charge in [-0.15, -0.1) is 6.42 Å².